The van der Waals surface area contributed by atoms with Gasteiger partial charge in [0, 0.05) is 6.61 Å². The Kier molecular flexibility index (Phi) is 7.20. The van der Waals surface area contributed by atoms with Crippen molar-refractivity contribution in [1.29, 1.82) is 0 Å². The summed E-state index contributed by atoms with van der Waals surface area (Å²) < 4.78 is 0. The molecule has 0 saturated carbocycles. The van der Waals surface area contributed by atoms with E-state index in [9.17, 15) is 5.11 Å². The van der Waals surface area contributed by atoms with Crippen molar-refractivity contribution in [3.05, 3.63) is 0 Å². The molecule has 2 N–H and O–H groups in total. The number of hydrogen-bond acceptors (Lipinski definition) is 2. The molecular formula is C12H26O2. The Hall–Kier alpha value is -0.0800. The minimum Gasteiger partial charge on any atom is -0.396 e. The third-order valence-corrected chi connectivity index (χ3v) is 3.51. The van der Waals surface area contributed by atoms with Gasteiger partial charge in [0.05, 0.1) is 6.10 Å². The zero-order valence-electron chi connectivity index (χ0n) is 9.92. The molecule has 0 rings (SSSR count). The maximum atomic E-state index is 10.1. The minimum atomic E-state index is -0.200. The number of aliphatic hydroxyl groups is 2. The second-order valence-electron chi connectivity index (χ2n) is 4.20. The average molecular weight is 202 g/mol. The summed E-state index contributed by atoms with van der Waals surface area (Å²) >= 11 is 0. The Labute approximate surface area is 88.3 Å². The molecule has 0 heterocycles. The summed E-state index contributed by atoms with van der Waals surface area (Å²) in [4.78, 5) is 0. The Morgan fingerprint density at radius 2 is 1.71 bits per heavy atom. The highest BCUT2D eigenvalue weighted by atomic mass is 16.3. The molecule has 86 valence electrons. The van der Waals surface area contributed by atoms with Crippen LogP contribution in [0.3, 0.4) is 0 Å². The van der Waals surface area contributed by atoms with Gasteiger partial charge < -0.3 is 10.2 Å². The molecule has 2 nitrogen and oxygen atoms in total. The molecule has 0 aromatic carbocycles. The first kappa shape index (κ1) is 13.9. The second-order valence-corrected chi connectivity index (χ2v) is 4.20. The quantitative estimate of drug-likeness (QED) is 0.635. The van der Waals surface area contributed by atoms with Crippen LogP contribution >= 0.6 is 0 Å². The van der Waals surface area contributed by atoms with Crippen LogP contribution in [-0.4, -0.2) is 22.9 Å². The van der Waals surface area contributed by atoms with E-state index >= 15 is 0 Å². The zero-order valence-corrected chi connectivity index (χ0v) is 9.92. The van der Waals surface area contributed by atoms with Crippen LogP contribution in [0, 0.1) is 5.41 Å². The lowest BCUT2D eigenvalue weighted by atomic mass is 9.72. The third-order valence-electron chi connectivity index (χ3n) is 3.51. The van der Waals surface area contributed by atoms with Crippen LogP contribution in [0.15, 0.2) is 0 Å². The van der Waals surface area contributed by atoms with E-state index in [1.165, 1.54) is 0 Å². The minimum absolute atomic E-state index is 0.0404. The number of hydrogen-bond donors (Lipinski definition) is 2. The first-order chi connectivity index (χ1) is 6.66. The molecule has 0 bridgehead atoms. The van der Waals surface area contributed by atoms with Gasteiger partial charge in [-0.25, -0.2) is 0 Å². The fraction of sp³-hybridized carbons (Fsp3) is 1.00. The Balaban J connectivity index is 4.33. The van der Waals surface area contributed by atoms with Crippen molar-refractivity contribution in [2.24, 2.45) is 5.41 Å². The van der Waals surface area contributed by atoms with E-state index < -0.39 is 0 Å². The third kappa shape index (κ3) is 3.58. The standard InChI is InChI=1S/C12H26O2/c1-4-8-11(14)12(5-2,6-3)9-7-10-13/h11,13-14H,4-10H2,1-3H3. The lowest BCUT2D eigenvalue weighted by Crippen LogP contribution is -2.34. The SMILES string of the molecule is CCCC(O)C(CC)(CC)CCCO. The topological polar surface area (TPSA) is 40.5 Å². The summed E-state index contributed by atoms with van der Waals surface area (Å²) in [7, 11) is 0. The van der Waals surface area contributed by atoms with Gasteiger partial charge in [-0.1, -0.05) is 27.2 Å². The smallest absolute Gasteiger partial charge is 0.0596 e. The van der Waals surface area contributed by atoms with E-state index in [1.54, 1.807) is 0 Å². The van der Waals surface area contributed by atoms with Gasteiger partial charge >= 0.3 is 0 Å². The summed E-state index contributed by atoms with van der Waals surface area (Å²) in [6, 6.07) is 0. The predicted molar refractivity (Wildman–Crippen MR) is 60.2 cm³/mol. The normalized spacial score (nSPS) is 14.4. The molecule has 0 aliphatic rings. The van der Waals surface area contributed by atoms with Crippen LogP contribution in [0.2, 0.25) is 0 Å². The Bertz CT molecular complexity index is 130. The van der Waals surface area contributed by atoms with Crippen molar-refractivity contribution < 1.29 is 10.2 Å². The number of aliphatic hydroxyl groups excluding tert-OH is 2. The van der Waals surface area contributed by atoms with Crippen molar-refractivity contribution >= 4 is 0 Å². The molecule has 0 aliphatic heterocycles. The molecule has 0 aromatic heterocycles. The van der Waals surface area contributed by atoms with E-state index in [0.717, 1.165) is 38.5 Å². The summed E-state index contributed by atoms with van der Waals surface area (Å²) in [5.41, 5.74) is 0.0404. The number of rotatable bonds is 8. The Morgan fingerprint density at radius 3 is 2.07 bits per heavy atom. The highest BCUT2D eigenvalue weighted by Crippen LogP contribution is 2.37. The molecule has 0 amide bonds. The van der Waals surface area contributed by atoms with E-state index in [2.05, 4.69) is 20.8 Å². The summed E-state index contributed by atoms with van der Waals surface area (Å²) in [6.07, 6.45) is 5.47. The molecule has 0 aliphatic carbocycles. The van der Waals surface area contributed by atoms with Gasteiger partial charge in [-0.05, 0) is 37.5 Å². The van der Waals surface area contributed by atoms with Gasteiger partial charge in [0.25, 0.3) is 0 Å². The summed E-state index contributed by atoms with van der Waals surface area (Å²) in [6.45, 7) is 6.62. The van der Waals surface area contributed by atoms with Crippen molar-refractivity contribution in [2.75, 3.05) is 6.61 Å². The maximum Gasteiger partial charge on any atom is 0.0596 e. The molecule has 1 unspecified atom stereocenters. The van der Waals surface area contributed by atoms with Gasteiger partial charge in [0.1, 0.15) is 0 Å². The first-order valence-electron chi connectivity index (χ1n) is 5.95. The highest BCUT2D eigenvalue weighted by Gasteiger charge is 2.32. The van der Waals surface area contributed by atoms with Crippen molar-refractivity contribution in [3.63, 3.8) is 0 Å². The van der Waals surface area contributed by atoms with E-state index in [4.69, 9.17) is 5.11 Å². The van der Waals surface area contributed by atoms with Crippen LogP contribution in [0.1, 0.15) is 59.3 Å². The zero-order chi connectivity index (χ0) is 11.0. The maximum absolute atomic E-state index is 10.1. The van der Waals surface area contributed by atoms with Gasteiger partial charge in [0.15, 0.2) is 0 Å². The fourth-order valence-corrected chi connectivity index (χ4v) is 2.25. The second kappa shape index (κ2) is 7.24. The van der Waals surface area contributed by atoms with E-state index in [-0.39, 0.29) is 18.1 Å². The molecule has 0 radical (unpaired) electrons. The van der Waals surface area contributed by atoms with Gasteiger partial charge in [-0.15, -0.1) is 0 Å². The molecule has 14 heavy (non-hydrogen) atoms. The van der Waals surface area contributed by atoms with Crippen LogP contribution in [-0.2, 0) is 0 Å². The molecular weight excluding hydrogens is 176 g/mol. The van der Waals surface area contributed by atoms with Gasteiger partial charge in [0.2, 0.25) is 0 Å². The van der Waals surface area contributed by atoms with E-state index in [0.29, 0.717) is 0 Å². The van der Waals surface area contributed by atoms with Gasteiger partial charge in [-0.2, -0.15) is 0 Å². The van der Waals surface area contributed by atoms with Crippen LogP contribution in [0.25, 0.3) is 0 Å². The first-order valence-corrected chi connectivity index (χ1v) is 5.95. The van der Waals surface area contributed by atoms with Crippen molar-refractivity contribution in [3.8, 4) is 0 Å². The predicted octanol–water partition coefficient (Wildman–Crippen LogP) is 2.73. The molecule has 0 aromatic rings. The van der Waals surface area contributed by atoms with Crippen LogP contribution < -0.4 is 0 Å². The lowest BCUT2D eigenvalue weighted by molar-refractivity contribution is 0.000320. The molecule has 0 saturated heterocycles. The average Bonchev–Trinajstić information content (AvgIpc) is 2.21. The summed E-state index contributed by atoms with van der Waals surface area (Å²) in [5.74, 6) is 0. The molecule has 0 fully saturated rings. The fourth-order valence-electron chi connectivity index (χ4n) is 2.25. The molecule has 2 heteroatoms. The molecule has 0 spiro atoms. The molecule has 1 atom stereocenters. The van der Waals surface area contributed by atoms with Crippen molar-refractivity contribution in [2.45, 2.75) is 65.4 Å². The monoisotopic (exact) mass is 202 g/mol. The van der Waals surface area contributed by atoms with Crippen LogP contribution in [0.5, 0.6) is 0 Å². The van der Waals surface area contributed by atoms with Crippen molar-refractivity contribution in [1.82, 2.24) is 0 Å². The van der Waals surface area contributed by atoms with Gasteiger partial charge in [-0.3, -0.25) is 0 Å². The highest BCUT2D eigenvalue weighted by molar-refractivity contribution is 4.84. The van der Waals surface area contributed by atoms with Crippen LogP contribution in [0.4, 0.5) is 0 Å². The largest absolute Gasteiger partial charge is 0.396 e. The lowest BCUT2D eigenvalue weighted by Gasteiger charge is -2.36. The summed E-state index contributed by atoms with van der Waals surface area (Å²) in [5, 5.41) is 19.0. The Morgan fingerprint density at radius 1 is 1.14 bits per heavy atom. The van der Waals surface area contributed by atoms with E-state index in [1.807, 2.05) is 0 Å².